The monoisotopic (exact) mass is 226 g/mol. The first kappa shape index (κ1) is 9.86. The molecule has 0 fully saturated rings. The summed E-state index contributed by atoms with van der Waals surface area (Å²) < 4.78 is 1.46. The van der Waals surface area contributed by atoms with Crippen molar-refractivity contribution in [3.05, 3.63) is 51.9 Å². The summed E-state index contributed by atoms with van der Waals surface area (Å²) in [6, 6.07) is 4.50. The lowest BCUT2D eigenvalue weighted by Gasteiger charge is -2.00. The molecule has 1 aliphatic rings. The molecule has 0 N–H and O–H groups in total. The second-order valence-corrected chi connectivity index (χ2v) is 5.42. The summed E-state index contributed by atoms with van der Waals surface area (Å²) in [4.78, 5) is 1.49. The highest BCUT2D eigenvalue weighted by molar-refractivity contribution is 7.19. The summed E-state index contributed by atoms with van der Waals surface area (Å²) in [6.07, 6.45) is 9.83. The molecule has 1 aliphatic carbocycles. The Kier molecular flexibility index (Phi) is 2.22. The molecule has 3 rings (SSSR count). The Balaban J connectivity index is 2.38. The molecule has 0 saturated heterocycles. The summed E-state index contributed by atoms with van der Waals surface area (Å²) >= 11 is 1.95. The molecule has 1 aromatic carbocycles. The van der Waals surface area contributed by atoms with Gasteiger partial charge in [-0.25, -0.2) is 0 Å². The van der Waals surface area contributed by atoms with E-state index < -0.39 is 0 Å². The molecule has 0 bridgehead atoms. The average molecular weight is 226 g/mol. The van der Waals surface area contributed by atoms with E-state index in [0.29, 0.717) is 0 Å². The first-order valence-electron chi connectivity index (χ1n) is 5.62. The molecule has 0 nitrogen and oxygen atoms in total. The number of thiophene rings is 1. The first-order chi connectivity index (χ1) is 7.77. The molecule has 0 aliphatic heterocycles. The van der Waals surface area contributed by atoms with Gasteiger partial charge >= 0.3 is 0 Å². The number of rotatable bonds is 0. The van der Waals surface area contributed by atoms with Gasteiger partial charge in [-0.1, -0.05) is 36.4 Å². The minimum atomic E-state index is 1.07. The Labute approximate surface area is 99.9 Å². The van der Waals surface area contributed by atoms with Crippen molar-refractivity contribution in [2.45, 2.75) is 20.3 Å². The maximum Gasteiger partial charge on any atom is 0.0383 e. The Morgan fingerprint density at radius 3 is 2.88 bits per heavy atom. The maximum absolute atomic E-state index is 2.27. The van der Waals surface area contributed by atoms with Crippen molar-refractivity contribution < 1.29 is 0 Å². The van der Waals surface area contributed by atoms with Crippen LogP contribution in [0, 0.1) is 13.8 Å². The smallest absolute Gasteiger partial charge is 0.0383 e. The molecule has 0 atom stereocenters. The van der Waals surface area contributed by atoms with E-state index in [4.69, 9.17) is 0 Å². The molecular formula is C15H14S. The third-order valence-corrected chi connectivity index (χ3v) is 4.67. The van der Waals surface area contributed by atoms with Gasteiger partial charge in [-0.2, -0.15) is 0 Å². The van der Waals surface area contributed by atoms with Gasteiger partial charge in [-0.3, -0.25) is 0 Å². The minimum Gasteiger partial charge on any atom is -0.139 e. The number of benzene rings is 1. The predicted molar refractivity (Wildman–Crippen MR) is 73.2 cm³/mol. The zero-order valence-corrected chi connectivity index (χ0v) is 10.4. The number of hydrogen-bond donors (Lipinski definition) is 0. The summed E-state index contributed by atoms with van der Waals surface area (Å²) in [5, 5.41) is 1.42. The van der Waals surface area contributed by atoms with Gasteiger partial charge in [-0.05, 0) is 30.5 Å². The number of fused-ring (bicyclic) bond motifs is 3. The van der Waals surface area contributed by atoms with Crippen molar-refractivity contribution >= 4 is 27.5 Å². The van der Waals surface area contributed by atoms with E-state index in [2.05, 4.69) is 50.3 Å². The number of aryl methyl sites for hydroxylation is 2. The summed E-state index contributed by atoms with van der Waals surface area (Å²) in [6.45, 7) is 4.42. The van der Waals surface area contributed by atoms with Crippen LogP contribution in [-0.4, -0.2) is 0 Å². The zero-order valence-electron chi connectivity index (χ0n) is 9.58. The van der Waals surface area contributed by atoms with Gasteiger partial charge < -0.3 is 0 Å². The maximum atomic E-state index is 2.27. The molecule has 0 radical (unpaired) electrons. The van der Waals surface area contributed by atoms with Gasteiger partial charge in [0.15, 0.2) is 0 Å². The van der Waals surface area contributed by atoms with E-state index in [1.165, 1.54) is 31.7 Å². The van der Waals surface area contributed by atoms with E-state index in [9.17, 15) is 0 Å². The molecule has 0 unspecified atom stereocenters. The highest BCUT2D eigenvalue weighted by Gasteiger charge is 2.12. The van der Waals surface area contributed by atoms with Gasteiger partial charge in [0, 0.05) is 21.4 Å². The molecule has 2 aromatic rings. The van der Waals surface area contributed by atoms with Crippen LogP contribution in [0.3, 0.4) is 0 Å². The van der Waals surface area contributed by atoms with Crippen molar-refractivity contribution in [3.8, 4) is 0 Å². The van der Waals surface area contributed by atoms with E-state index in [1.807, 2.05) is 11.3 Å². The van der Waals surface area contributed by atoms with Crippen LogP contribution in [0.25, 0.3) is 16.2 Å². The largest absolute Gasteiger partial charge is 0.139 e. The molecule has 80 valence electrons. The molecule has 1 heteroatoms. The van der Waals surface area contributed by atoms with Crippen molar-refractivity contribution in [2.24, 2.45) is 0 Å². The van der Waals surface area contributed by atoms with Gasteiger partial charge in [0.1, 0.15) is 0 Å². The number of hydrogen-bond acceptors (Lipinski definition) is 1. The third kappa shape index (κ3) is 1.35. The van der Waals surface area contributed by atoms with E-state index >= 15 is 0 Å². The molecule has 0 saturated carbocycles. The first-order valence-corrected chi connectivity index (χ1v) is 6.44. The van der Waals surface area contributed by atoms with Crippen LogP contribution in [-0.2, 0) is 6.42 Å². The molecule has 1 heterocycles. The van der Waals surface area contributed by atoms with Gasteiger partial charge in [0.25, 0.3) is 0 Å². The third-order valence-electron chi connectivity index (χ3n) is 3.31. The Bertz CT molecular complexity index is 612. The summed E-state index contributed by atoms with van der Waals surface area (Å²) in [7, 11) is 0. The van der Waals surface area contributed by atoms with E-state index in [0.717, 1.165) is 6.42 Å². The van der Waals surface area contributed by atoms with Crippen LogP contribution in [0.5, 0.6) is 0 Å². The summed E-state index contributed by atoms with van der Waals surface area (Å²) in [5.41, 5.74) is 4.25. The van der Waals surface area contributed by atoms with E-state index in [1.54, 1.807) is 0 Å². The summed E-state index contributed by atoms with van der Waals surface area (Å²) in [5.74, 6) is 0. The fourth-order valence-electron chi connectivity index (χ4n) is 2.20. The normalized spacial score (nSPS) is 14.1. The predicted octanol–water partition coefficient (Wildman–Crippen LogP) is 4.64. The molecular weight excluding hydrogens is 212 g/mol. The van der Waals surface area contributed by atoms with Crippen LogP contribution < -0.4 is 0 Å². The molecule has 0 amide bonds. The molecule has 0 spiro atoms. The lowest BCUT2D eigenvalue weighted by atomic mass is 10.0. The average Bonchev–Trinajstić information content (AvgIpc) is 2.47. The van der Waals surface area contributed by atoms with Gasteiger partial charge in [0.05, 0.1) is 0 Å². The topological polar surface area (TPSA) is 0 Å². The SMILES string of the molecule is Cc1ccc2c3c(sc2c1C)CC=CC=C3. The minimum absolute atomic E-state index is 1.07. The van der Waals surface area contributed by atoms with Crippen molar-refractivity contribution in [3.63, 3.8) is 0 Å². The van der Waals surface area contributed by atoms with Crippen LogP contribution in [0.4, 0.5) is 0 Å². The number of allylic oxidation sites excluding steroid dienone is 3. The Morgan fingerprint density at radius 1 is 1.12 bits per heavy atom. The highest BCUT2D eigenvalue weighted by atomic mass is 32.1. The van der Waals surface area contributed by atoms with Crippen molar-refractivity contribution in [1.29, 1.82) is 0 Å². The van der Waals surface area contributed by atoms with Crippen molar-refractivity contribution in [1.82, 2.24) is 0 Å². The van der Waals surface area contributed by atoms with E-state index in [-0.39, 0.29) is 0 Å². The Hall–Kier alpha value is -1.34. The second-order valence-electron chi connectivity index (χ2n) is 4.31. The quantitative estimate of drug-likeness (QED) is 0.613. The zero-order chi connectivity index (χ0) is 11.1. The Morgan fingerprint density at radius 2 is 2.00 bits per heavy atom. The highest BCUT2D eigenvalue weighted by Crippen LogP contribution is 2.36. The van der Waals surface area contributed by atoms with Crippen LogP contribution in [0.2, 0.25) is 0 Å². The lowest BCUT2D eigenvalue weighted by Crippen LogP contribution is -1.80. The van der Waals surface area contributed by atoms with Gasteiger partial charge in [-0.15, -0.1) is 11.3 Å². The second kappa shape index (κ2) is 3.60. The van der Waals surface area contributed by atoms with Crippen LogP contribution >= 0.6 is 11.3 Å². The standard InChI is InChI=1S/C15H14S/c1-10-8-9-13-12-6-4-3-5-7-14(12)16-15(13)11(10)2/h3-6,8-9H,7H2,1-2H3. The molecule has 16 heavy (non-hydrogen) atoms. The lowest BCUT2D eigenvalue weighted by molar-refractivity contribution is 1.35. The fourth-order valence-corrected chi connectivity index (χ4v) is 3.52. The fraction of sp³-hybridized carbons (Fsp3) is 0.200. The van der Waals surface area contributed by atoms with Crippen LogP contribution in [0.15, 0.2) is 30.4 Å². The molecule has 1 aromatic heterocycles. The van der Waals surface area contributed by atoms with Gasteiger partial charge in [0.2, 0.25) is 0 Å². The van der Waals surface area contributed by atoms with Crippen LogP contribution in [0.1, 0.15) is 21.6 Å². The van der Waals surface area contributed by atoms with Crippen molar-refractivity contribution in [2.75, 3.05) is 0 Å².